The first-order valence-corrected chi connectivity index (χ1v) is 6.58. The maximum absolute atomic E-state index is 8.68. The summed E-state index contributed by atoms with van der Waals surface area (Å²) in [5.74, 6) is -3.46. The topological polar surface area (TPSA) is 80.9 Å². The van der Waals surface area contributed by atoms with Crippen LogP contribution in [0.5, 0.6) is 0 Å². The van der Waals surface area contributed by atoms with E-state index in [1.807, 2.05) is 0 Å². The summed E-state index contributed by atoms with van der Waals surface area (Å²) in [5.41, 5.74) is 0. The van der Waals surface area contributed by atoms with Crippen molar-refractivity contribution in [3.63, 3.8) is 0 Å². The summed E-state index contributed by atoms with van der Waals surface area (Å²) in [6, 6.07) is 0. The molecule has 4 nitrogen and oxygen atoms in total. The third kappa shape index (κ3) is 1.78. The molecule has 0 heterocycles. The molecule has 0 aliphatic heterocycles. The van der Waals surface area contributed by atoms with Gasteiger partial charge in [0, 0.05) is 0 Å². The molecule has 6 heteroatoms. The van der Waals surface area contributed by atoms with Crippen LogP contribution in [0.3, 0.4) is 0 Å². The molecule has 0 bridgehead atoms. The second-order valence-corrected chi connectivity index (χ2v) is 10.0. The van der Waals surface area contributed by atoms with Crippen LogP contribution in [-0.2, 0) is 0 Å². The predicted octanol–water partition coefficient (Wildman–Crippen LogP) is -0.507. The molecular formula is C4H12ClO4P. The average molecular weight is 191 g/mol. The maximum atomic E-state index is 8.68. The van der Waals surface area contributed by atoms with Crippen LogP contribution in [-0.4, -0.2) is 45.8 Å². The van der Waals surface area contributed by atoms with E-state index in [4.69, 9.17) is 31.7 Å². The van der Waals surface area contributed by atoms with Crippen molar-refractivity contribution in [3.8, 4) is 0 Å². The van der Waals surface area contributed by atoms with E-state index in [9.17, 15) is 0 Å². The standard InChI is InChI=1S/C4H12ClO4P/c5-10(1-6,2-7,3-8)4-9/h6-9H,1-4H2. The Morgan fingerprint density at radius 2 is 1.00 bits per heavy atom. The van der Waals surface area contributed by atoms with Crippen molar-refractivity contribution in [1.29, 1.82) is 0 Å². The molecule has 10 heavy (non-hydrogen) atoms. The van der Waals surface area contributed by atoms with E-state index in [1.165, 1.54) is 0 Å². The van der Waals surface area contributed by atoms with E-state index < -0.39 is 31.3 Å². The Hall–Kier alpha value is 0.560. The van der Waals surface area contributed by atoms with E-state index in [0.29, 0.717) is 0 Å². The Labute approximate surface area is 63.8 Å². The molecule has 64 valence electrons. The van der Waals surface area contributed by atoms with Gasteiger partial charge in [-0.15, -0.1) is 0 Å². The Balaban J connectivity index is 4.42. The third-order valence-electron chi connectivity index (χ3n) is 1.41. The van der Waals surface area contributed by atoms with Crippen molar-refractivity contribution >= 4 is 17.2 Å². The van der Waals surface area contributed by atoms with E-state index in [-0.39, 0.29) is 0 Å². The molecule has 0 rings (SSSR count). The molecule has 0 aromatic heterocycles. The van der Waals surface area contributed by atoms with Crippen molar-refractivity contribution in [2.75, 3.05) is 25.4 Å². The van der Waals surface area contributed by atoms with Crippen LogP contribution in [0.15, 0.2) is 0 Å². The van der Waals surface area contributed by atoms with Gasteiger partial charge in [0.05, 0.1) is 0 Å². The summed E-state index contributed by atoms with van der Waals surface area (Å²) in [6.07, 6.45) is -2.18. The van der Waals surface area contributed by atoms with Gasteiger partial charge in [0.2, 0.25) is 0 Å². The van der Waals surface area contributed by atoms with Gasteiger partial charge in [0.1, 0.15) is 0 Å². The molecule has 0 aromatic rings. The molecule has 0 amide bonds. The average Bonchev–Trinajstić information content (AvgIpc) is 2.04. The molecule has 0 aliphatic carbocycles. The SMILES string of the molecule is OCP(Cl)(CO)(CO)CO. The van der Waals surface area contributed by atoms with Crippen molar-refractivity contribution < 1.29 is 20.4 Å². The van der Waals surface area contributed by atoms with Crippen LogP contribution in [0, 0.1) is 0 Å². The molecular weight excluding hydrogens is 178 g/mol. The van der Waals surface area contributed by atoms with E-state index in [0.717, 1.165) is 0 Å². The van der Waals surface area contributed by atoms with Gasteiger partial charge in [-0.25, -0.2) is 0 Å². The molecule has 0 aromatic carbocycles. The van der Waals surface area contributed by atoms with E-state index in [2.05, 4.69) is 0 Å². The van der Waals surface area contributed by atoms with Gasteiger partial charge in [-0.2, -0.15) is 0 Å². The van der Waals surface area contributed by atoms with Gasteiger partial charge in [-0.05, 0) is 0 Å². The summed E-state index contributed by atoms with van der Waals surface area (Å²) in [5, 5.41) is 34.7. The Morgan fingerprint density at radius 3 is 1.00 bits per heavy atom. The zero-order chi connectivity index (χ0) is 8.28. The monoisotopic (exact) mass is 190 g/mol. The second-order valence-electron chi connectivity index (χ2n) is 2.39. The summed E-state index contributed by atoms with van der Waals surface area (Å²) < 4.78 is 0. The second kappa shape index (κ2) is 3.30. The molecule has 0 aliphatic rings. The number of halogens is 1. The molecule has 0 unspecified atom stereocenters. The first-order chi connectivity index (χ1) is 4.54. The van der Waals surface area contributed by atoms with Gasteiger partial charge in [-0.3, -0.25) is 0 Å². The number of hydrogen-bond acceptors (Lipinski definition) is 4. The van der Waals surface area contributed by atoms with Gasteiger partial charge < -0.3 is 0 Å². The van der Waals surface area contributed by atoms with Gasteiger partial charge in [0.15, 0.2) is 0 Å². The number of aliphatic hydroxyl groups is 4. The van der Waals surface area contributed by atoms with E-state index in [1.54, 1.807) is 0 Å². The molecule has 0 atom stereocenters. The number of aliphatic hydroxyl groups excluding tert-OH is 4. The van der Waals surface area contributed by atoms with Crippen molar-refractivity contribution in [2.24, 2.45) is 0 Å². The first kappa shape index (κ1) is 10.6. The summed E-state index contributed by atoms with van der Waals surface area (Å²) >= 11 is 5.67. The fraction of sp³-hybridized carbons (Fsp3) is 1.00. The summed E-state index contributed by atoms with van der Waals surface area (Å²) in [6.45, 7) is 0. The normalized spacial score (nSPS) is 16.3. The van der Waals surface area contributed by atoms with Gasteiger partial charge >= 0.3 is 63.0 Å². The van der Waals surface area contributed by atoms with Crippen LogP contribution < -0.4 is 0 Å². The molecule has 4 N–H and O–H groups in total. The molecule has 0 radical (unpaired) electrons. The van der Waals surface area contributed by atoms with Crippen LogP contribution in [0.2, 0.25) is 0 Å². The van der Waals surface area contributed by atoms with Crippen LogP contribution >= 0.6 is 17.2 Å². The zero-order valence-electron chi connectivity index (χ0n) is 5.44. The predicted molar refractivity (Wildman–Crippen MR) is 41.1 cm³/mol. The molecule has 0 saturated carbocycles. The fourth-order valence-corrected chi connectivity index (χ4v) is 0.805. The molecule has 0 fully saturated rings. The number of rotatable bonds is 4. The van der Waals surface area contributed by atoms with Crippen LogP contribution in [0.1, 0.15) is 0 Å². The zero-order valence-corrected chi connectivity index (χ0v) is 7.09. The van der Waals surface area contributed by atoms with Crippen molar-refractivity contribution in [3.05, 3.63) is 0 Å². The van der Waals surface area contributed by atoms with Gasteiger partial charge in [0.25, 0.3) is 0 Å². The third-order valence-corrected chi connectivity index (χ3v) is 5.52. The Morgan fingerprint density at radius 1 is 0.800 bits per heavy atom. The first-order valence-electron chi connectivity index (χ1n) is 2.70. The Bertz CT molecular complexity index is 92.3. The summed E-state index contributed by atoms with van der Waals surface area (Å²) in [7, 11) is 0. The van der Waals surface area contributed by atoms with Crippen LogP contribution in [0.25, 0.3) is 0 Å². The quantitative estimate of drug-likeness (QED) is 0.451. The molecule has 0 saturated heterocycles. The summed E-state index contributed by atoms with van der Waals surface area (Å²) in [4.78, 5) is 0. The van der Waals surface area contributed by atoms with Crippen molar-refractivity contribution in [2.45, 2.75) is 0 Å². The van der Waals surface area contributed by atoms with E-state index >= 15 is 0 Å². The van der Waals surface area contributed by atoms with Crippen LogP contribution in [0.4, 0.5) is 0 Å². The molecule has 0 spiro atoms. The van der Waals surface area contributed by atoms with Crippen molar-refractivity contribution in [1.82, 2.24) is 0 Å². The van der Waals surface area contributed by atoms with Gasteiger partial charge in [-0.1, -0.05) is 0 Å². The minimum absolute atomic E-state index is 0.545. The minimum atomic E-state index is -3.46. The Kier molecular flexibility index (Phi) is 3.49. The number of hydrogen-bond donors (Lipinski definition) is 4. The fourth-order valence-electron chi connectivity index (χ4n) is 0.268.